The highest BCUT2D eigenvalue weighted by Crippen LogP contribution is 1.81. The van der Waals surface area contributed by atoms with Crippen molar-refractivity contribution in [1.29, 1.82) is 0 Å². The molecule has 2 N–H and O–H groups in total. The summed E-state index contributed by atoms with van der Waals surface area (Å²) in [7, 11) is 0. The average Bonchev–Trinajstić information content (AvgIpc) is 2.08. The Morgan fingerprint density at radius 2 is 2.27 bits per heavy atom. The van der Waals surface area contributed by atoms with Crippen LogP contribution in [0.15, 0.2) is 18.4 Å². The van der Waals surface area contributed by atoms with Crippen molar-refractivity contribution in [1.82, 2.24) is 10.6 Å². The van der Waals surface area contributed by atoms with E-state index in [1.807, 2.05) is 6.92 Å². The van der Waals surface area contributed by atoms with Crippen LogP contribution in [0.1, 0.15) is 6.92 Å². The number of allylic oxidation sites excluding steroid dienone is 1. The van der Waals surface area contributed by atoms with Crippen molar-refractivity contribution in [2.45, 2.75) is 6.92 Å². The second kappa shape index (κ2) is 7.06. The van der Waals surface area contributed by atoms with Gasteiger partial charge in [0.2, 0.25) is 0 Å². The summed E-state index contributed by atoms with van der Waals surface area (Å²) in [5, 5.41) is 5.92. The standard InChI is InChI=1S/C5H8N2O.C3H6/c8-4-5-3-6-1-2-7-5;1-3-2/h6-7H,1-3H2;3H,1H2,2H3. The van der Waals surface area contributed by atoms with Gasteiger partial charge in [-0.25, -0.2) is 4.79 Å². The van der Waals surface area contributed by atoms with Crippen LogP contribution in [0.5, 0.6) is 0 Å². The molecule has 0 amide bonds. The molecule has 1 fully saturated rings. The summed E-state index contributed by atoms with van der Waals surface area (Å²) in [6, 6.07) is 0. The van der Waals surface area contributed by atoms with E-state index in [2.05, 4.69) is 17.2 Å². The molecule has 1 aliphatic heterocycles. The maximum Gasteiger partial charge on any atom is 0.146 e. The fourth-order valence-corrected chi connectivity index (χ4v) is 0.650. The lowest BCUT2D eigenvalue weighted by molar-refractivity contribution is 0.551. The zero-order valence-corrected chi connectivity index (χ0v) is 6.81. The average molecular weight is 154 g/mol. The van der Waals surface area contributed by atoms with Crippen LogP contribution in [-0.2, 0) is 4.79 Å². The second-order valence-electron chi connectivity index (χ2n) is 2.09. The normalized spacial score (nSPS) is 15.2. The van der Waals surface area contributed by atoms with Crippen molar-refractivity contribution in [3.63, 3.8) is 0 Å². The first kappa shape index (κ1) is 9.95. The number of rotatable bonds is 0. The number of carbonyl (C=O) groups excluding carboxylic acids is 1. The first-order valence-electron chi connectivity index (χ1n) is 3.60. The molecule has 1 saturated heterocycles. The van der Waals surface area contributed by atoms with Gasteiger partial charge in [-0.1, -0.05) is 6.08 Å². The number of nitrogens with one attached hydrogen (secondary N) is 2. The van der Waals surface area contributed by atoms with E-state index in [4.69, 9.17) is 0 Å². The molecule has 3 heteroatoms. The molecular weight excluding hydrogens is 140 g/mol. The topological polar surface area (TPSA) is 41.1 Å². The first-order chi connectivity index (χ1) is 5.35. The Bertz CT molecular complexity index is 151. The summed E-state index contributed by atoms with van der Waals surface area (Å²) in [6.45, 7) is 7.67. The van der Waals surface area contributed by atoms with Gasteiger partial charge in [-0.15, -0.1) is 6.58 Å². The molecule has 62 valence electrons. The fraction of sp³-hybridized carbons (Fsp3) is 0.500. The molecule has 1 heterocycles. The lowest BCUT2D eigenvalue weighted by atomic mass is 10.4. The molecule has 0 radical (unpaired) electrons. The minimum atomic E-state index is 0.635. The van der Waals surface area contributed by atoms with Crippen molar-refractivity contribution >= 4 is 5.94 Å². The van der Waals surface area contributed by atoms with Crippen molar-refractivity contribution in [3.8, 4) is 0 Å². The molecule has 0 atom stereocenters. The first-order valence-corrected chi connectivity index (χ1v) is 3.60. The van der Waals surface area contributed by atoms with Gasteiger partial charge in [-0.2, -0.15) is 0 Å². The predicted octanol–water partition coefficient (Wildman–Crippen LogP) is 0.0870. The van der Waals surface area contributed by atoms with Crippen LogP contribution >= 0.6 is 0 Å². The van der Waals surface area contributed by atoms with Crippen LogP contribution in [0.4, 0.5) is 0 Å². The molecule has 1 aliphatic rings. The molecule has 3 nitrogen and oxygen atoms in total. The molecule has 0 saturated carbocycles. The van der Waals surface area contributed by atoms with Crippen molar-refractivity contribution in [2.24, 2.45) is 0 Å². The van der Waals surface area contributed by atoms with Crippen molar-refractivity contribution < 1.29 is 4.79 Å². The monoisotopic (exact) mass is 154 g/mol. The van der Waals surface area contributed by atoms with Crippen molar-refractivity contribution in [2.75, 3.05) is 19.6 Å². The van der Waals surface area contributed by atoms with Gasteiger partial charge >= 0.3 is 0 Å². The van der Waals surface area contributed by atoms with Gasteiger partial charge in [-0.3, -0.25) is 0 Å². The van der Waals surface area contributed by atoms with Gasteiger partial charge in [-0.05, 0) is 6.92 Å². The van der Waals surface area contributed by atoms with E-state index < -0.39 is 0 Å². The molecule has 0 aromatic heterocycles. The smallest absolute Gasteiger partial charge is 0.146 e. The van der Waals surface area contributed by atoms with Crippen LogP contribution in [0.25, 0.3) is 0 Å². The third kappa shape index (κ3) is 5.40. The summed E-state index contributed by atoms with van der Waals surface area (Å²) in [6.07, 6.45) is 1.75. The Labute approximate surface area is 67.2 Å². The highest BCUT2D eigenvalue weighted by atomic mass is 16.1. The number of piperazine rings is 1. The quantitative estimate of drug-likeness (QED) is 0.384. The molecule has 1 rings (SSSR count). The third-order valence-corrected chi connectivity index (χ3v) is 1.07. The second-order valence-corrected chi connectivity index (χ2v) is 2.09. The molecule has 11 heavy (non-hydrogen) atoms. The highest BCUT2D eigenvalue weighted by molar-refractivity contribution is 5.52. The summed E-state index contributed by atoms with van der Waals surface area (Å²) in [5.41, 5.74) is 0.635. The summed E-state index contributed by atoms with van der Waals surface area (Å²) in [5.74, 6) is 1.80. The van der Waals surface area contributed by atoms with Crippen LogP contribution in [0, 0.1) is 0 Å². The third-order valence-electron chi connectivity index (χ3n) is 1.07. The van der Waals surface area contributed by atoms with Crippen LogP contribution < -0.4 is 10.6 Å². The summed E-state index contributed by atoms with van der Waals surface area (Å²) < 4.78 is 0. The van der Waals surface area contributed by atoms with E-state index in [0.717, 1.165) is 13.1 Å². The Morgan fingerprint density at radius 3 is 2.55 bits per heavy atom. The predicted molar refractivity (Wildman–Crippen MR) is 45.9 cm³/mol. The molecule has 0 unspecified atom stereocenters. The number of hydrogen-bond acceptors (Lipinski definition) is 3. The lowest BCUT2D eigenvalue weighted by Crippen LogP contribution is -2.38. The Balaban J connectivity index is 0.000000292. The largest absolute Gasteiger partial charge is 0.377 e. The maximum atomic E-state index is 9.90. The maximum absolute atomic E-state index is 9.90. The van der Waals surface area contributed by atoms with E-state index in [1.54, 1.807) is 12.0 Å². The minimum Gasteiger partial charge on any atom is -0.377 e. The number of hydrogen-bond donors (Lipinski definition) is 2. The fourth-order valence-electron chi connectivity index (χ4n) is 0.650. The zero-order valence-electron chi connectivity index (χ0n) is 6.81. The molecule has 0 bridgehead atoms. The highest BCUT2D eigenvalue weighted by Gasteiger charge is 2.00. The van der Waals surface area contributed by atoms with Gasteiger partial charge < -0.3 is 10.6 Å². The Morgan fingerprint density at radius 1 is 1.64 bits per heavy atom. The van der Waals surface area contributed by atoms with Crippen LogP contribution in [-0.4, -0.2) is 25.6 Å². The SMILES string of the molecule is C=CC.O=C=C1CNCCN1. The van der Waals surface area contributed by atoms with E-state index in [1.165, 1.54) is 0 Å². The van der Waals surface area contributed by atoms with Gasteiger partial charge in [0, 0.05) is 19.6 Å². The van der Waals surface area contributed by atoms with Gasteiger partial charge in [0.1, 0.15) is 11.6 Å². The van der Waals surface area contributed by atoms with Gasteiger partial charge in [0.15, 0.2) is 0 Å². The van der Waals surface area contributed by atoms with Crippen molar-refractivity contribution in [3.05, 3.63) is 18.4 Å². The summed E-state index contributed by atoms with van der Waals surface area (Å²) >= 11 is 0. The van der Waals surface area contributed by atoms with E-state index in [9.17, 15) is 4.79 Å². The molecule has 0 aromatic rings. The van der Waals surface area contributed by atoms with E-state index in [0.29, 0.717) is 12.2 Å². The lowest BCUT2D eigenvalue weighted by Gasteiger charge is -2.13. The molecular formula is C8H14N2O. The van der Waals surface area contributed by atoms with Crippen LogP contribution in [0.3, 0.4) is 0 Å². The van der Waals surface area contributed by atoms with Gasteiger partial charge in [0.25, 0.3) is 0 Å². The summed E-state index contributed by atoms with van der Waals surface area (Å²) in [4.78, 5) is 9.90. The van der Waals surface area contributed by atoms with E-state index >= 15 is 0 Å². The van der Waals surface area contributed by atoms with Crippen LogP contribution in [0.2, 0.25) is 0 Å². The Kier molecular flexibility index (Phi) is 6.39. The van der Waals surface area contributed by atoms with E-state index in [-0.39, 0.29) is 0 Å². The van der Waals surface area contributed by atoms with Gasteiger partial charge in [0.05, 0.1) is 0 Å². The molecule has 0 aromatic carbocycles. The molecule has 0 spiro atoms. The minimum absolute atomic E-state index is 0.635. The molecule has 0 aliphatic carbocycles. The Hall–Kier alpha value is -1.05. The zero-order chi connectivity index (χ0) is 8.53.